The first kappa shape index (κ1) is 22.6. The van der Waals surface area contributed by atoms with Crippen molar-refractivity contribution in [1.29, 1.82) is 0 Å². The Morgan fingerprint density at radius 3 is 2.45 bits per heavy atom. The second-order valence-corrected chi connectivity index (χ2v) is 7.61. The fourth-order valence-electron chi connectivity index (χ4n) is 3.72. The number of rotatable bonds is 8. The molecule has 0 bridgehead atoms. The van der Waals surface area contributed by atoms with E-state index in [1.54, 1.807) is 14.2 Å². The first-order valence-corrected chi connectivity index (χ1v) is 10.6. The van der Waals surface area contributed by atoms with Crippen LogP contribution in [0.3, 0.4) is 0 Å². The van der Waals surface area contributed by atoms with Crippen molar-refractivity contribution in [2.24, 2.45) is 0 Å². The summed E-state index contributed by atoms with van der Waals surface area (Å²) in [6.07, 6.45) is 2.06. The van der Waals surface area contributed by atoms with Gasteiger partial charge in [0.2, 0.25) is 11.8 Å². The lowest BCUT2D eigenvalue weighted by molar-refractivity contribution is -0.131. The van der Waals surface area contributed by atoms with Crippen molar-refractivity contribution in [1.82, 2.24) is 9.80 Å². The zero-order valence-electron chi connectivity index (χ0n) is 18.3. The van der Waals surface area contributed by atoms with Crippen molar-refractivity contribution in [2.45, 2.75) is 19.3 Å². The second kappa shape index (κ2) is 11.4. The molecule has 0 saturated carbocycles. The predicted octanol–water partition coefficient (Wildman–Crippen LogP) is 2.81. The number of hydrogen-bond acceptors (Lipinski definition) is 5. The van der Waals surface area contributed by atoms with E-state index in [4.69, 9.17) is 9.47 Å². The van der Waals surface area contributed by atoms with Gasteiger partial charge in [-0.25, -0.2) is 0 Å². The zero-order chi connectivity index (χ0) is 22.1. The molecular formula is C24H31N3O4. The summed E-state index contributed by atoms with van der Waals surface area (Å²) in [6, 6.07) is 15.2. The number of anilines is 1. The Hall–Kier alpha value is -3.06. The van der Waals surface area contributed by atoms with Gasteiger partial charge < -0.3 is 19.7 Å². The maximum absolute atomic E-state index is 12.7. The average molecular weight is 426 g/mol. The van der Waals surface area contributed by atoms with E-state index in [2.05, 4.69) is 10.2 Å². The Labute approximate surface area is 183 Å². The summed E-state index contributed by atoms with van der Waals surface area (Å²) >= 11 is 0. The Kier molecular flexibility index (Phi) is 8.29. The van der Waals surface area contributed by atoms with Gasteiger partial charge in [0.05, 0.1) is 26.5 Å². The van der Waals surface area contributed by atoms with Gasteiger partial charge in [-0.2, -0.15) is 0 Å². The minimum absolute atomic E-state index is 0.0798. The molecule has 1 aliphatic heterocycles. The van der Waals surface area contributed by atoms with E-state index in [0.29, 0.717) is 43.9 Å². The van der Waals surface area contributed by atoms with Crippen molar-refractivity contribution in [3.05, 3.63) is 54.1 Å². The molecule has 7 nitrogen and oxygen atoms in total. The highest BCUT2D eigenvalue weighted by Gasteiger charge is 2.20. The van der Waals surface area contributed by atoms with E-state index in [9.17, 15) is 9.59 Å². The van der Waals surface area contributed by atoms with Gasteiger partial charge in [0.1, 0.15) is 11.5 Å². The SMILES string of the molecule is COc1ccc(CCC(=O)N2CCCN(CC(=O)Nc3ccccc3OC)CC2)cc1. The number of aryl methyl sites for hydroxylation is 1. The van der Waals surface area contributed by atoms with Crippen LogP contribution in [0, 0.1) is 0 Å². The molecule has 1 aliphatic rings. The summed E-state index contributed by atoms with van der Waals surface area (Å²) in [4.78, 5) is 29.2. The smallest absolute Gasteiger partial charge is 0.238 e. The van der Waals surface area contributed by atoms with Crippen LogP contribution in [-0.4, -0.2) is 68.6 Å². The molecule has 2 aromatic carbocycles. The van der Waals surface area contributed by atoms with Gasteiger partial charge in [0.25, 0.3) is 0 Å². The molecule has 2 amide bonds. The number of para-hydroxylation sites is 2. The van der Waals surface area contributed by atoms with Crippen LogP contribution in [0.15, 0.2) is 48.5 Å². The molecule has 1 N–H and O–H groups in total. The van der Waals surface area contributed by atoms with Gasteiger partial charge in [-0.15, -0.1) is 0 Å². The van der Waals surface area contributed by atoms with Crippen LogP contribution in [0.4, 0.5) is 5.69 Å². The molecule has 2 aromatic rings. The first-order valence-electron chi connectivity index (χ1n) is 10.6. The van der Waals surface area contributed by atoms with Crippen LogP contribution in [0.2, 0.25) is 0 Å². The van der Waals surface area contributed by atoms with Crippen LogP contribution in [-0.2, 0) is 16.0 Å². The van der Waals surface area contributed by atoms with Crippen LogP contribution in [0.5, 0.6) is 11.5 Å². The van der Waals surface area contributed by atoms with Gasteiger partial charge in [-0.1, -0.05) is 24.3 Å². The molecule has 1 heterocycles. The largest absolute Gasteiger partial charge is 0.497 e. The summed E-state index contributed by atoms with van der Waals surface area (Å²) in [5.74, 6) is 1.54. The number of amides is 2. The fraction of sp³-hybridized carbons (Fsp3) is 0.417. The summed E-state index contributed by atoms with van der Waals surface area (Å²) in [5.41, 5.74) is 1.79. The normalized spacial score (nSPS) is 14.6. The lowest BCUT2D eigenvalue weighted by Crippen LogP contribution is -2.38. The molecule has 3 rings (SSSR count). The van der Waals surface area contributed by atoms with Crippen molar-refractivity contribution in [3.63, 3.8) is 0 Å². The van der Waals surface area contributed by atoms with E-state index < -0.39 is 0 Å². The molecule has 0 atom stereocenters. The number of benzene rings is 2. The molecule has 0 spiro atoms. The number of nitrogens with one attached hydrogen (secondary N) is 1. The van der Waals surface area contributed by atoms with E-state index in [1.165, 1.54) is 0 Å². The highest BCUT2D eigenvalue weighted by atomic mass is 16.5. The number of carbonyl (C=O) groups excluding carboxylic acids is 2. The molecule has 166 valence electrons. The van der Waals surface area contributed by atoms with Crippen molar-refractivity contribution >= 4 is 17.5 Å². The number of methoxy groups -OCH3 is 2. The fourth-order valence-corrected chi connectivity index (χ4v) is 3.72. The van der Waals surface area contributed by atoms with Crippen molar-refractivity contribution in [3.8, 4) is 11.5 Å². The zero-order valence-corrected chi connectivity index (χ0v) is 18.3. The lowest BCUT2D eigenvalue weighted by Gasteiger charge is -2.22. The topological polar surface area (TPSA) is 71.1 Å². The summed E-state index contributed by atoms with van der Waals surface area (Å²) < 4.78 is 10.5. The van der Waals surface area contributed by atoms with Crippen LogP contribution < -0.4 is 14.8 Å². The maximum atomic E-state index is 12.7. The number of hydrogen-bond donors (Lipinski definition) is 1. The monoisotopic (exact) mass is 425 g/mol. The molecule has 0 aromatic heterocycles. The molecule has 1 fully saturated rings. The maximum Gasteiger partial charge on any atom is 0.238 e. The highest BCUT2D eigenvalue weighted by Crippen LogP contribution is 2.23. The third kappa shape index (κ3) is 6.72. The standard InChI is InChI=1S/C24H31N3O4/c1-30-20-11-8-19(9-12-20)10-13-24(29)27-15-5-14-26(16-17-27)18-23(28)25-21-6-3-4-7-22(21)31-2/h3-4,6-9,11-12H,5,10,13-18H2,1-2H3,(H,25,28). The van der Waals surface area contributed by atoms with Crippen molar-refractivity contribution < 1.29 is 19.1 Å². The number of nitrogens with zero attached hydrogens (tertiary/aromatic N) is 2. The van der Waals surface area contributed by atoms with Crippen LogP contribution in [0.25, 0.3) is 0 Å². The Bertz CT molecular complexity index is 869. The van der Waals surface area contributed by atoms with Gasteiger partial charge in [-0.3, -0.25) is 14.5 Å². The quantitative estimate of drug-likeness (QED) is 0.704. The molecule has 7 heteroatoms. The van der Waals surface area contributed by atoms with Crippen LogP contribution in [0.1, 0.15) is 18.4 Å². The number of ether oxygens (including phenoxy) is 2. The van der Waals surface area contributed by atoms with Gasteiger partial charge in [0, 0.05) is 32.6 Å². The third-order valence-electron chi connectivity index (χ3n) is 5.48. The second-order valence-electron chi connectivity index (χ2n) is 7.61. The minimum atomic E-state index is -0.0798. The third-order valence-corrected chi connectivity index (χ3v) is 5.48. The molecule has 0 unspecified atom stereocenters. The van der Waals surface area contributed by atoms with Gasteiger partial charge >= 0.3 is 0 Å². The molecule has 0 aliphatic carbocycles. The Morgan fingerprint density at radius 1 is 0.935 bits per heavy atom. The van der Waals surface area contributed by atoms with E-state index in [0.717, 1.165) is 30.8 Å². The van der Waals surface area contributed by atoms with Gasteiger partial charge in [0.15, 0.2) is 0 Å². The highest BCUT2D eigenvalue weighted by molar-refractivity contribution is 5.93. The first-order chi connectivity index (χ1) is 15.1. The minimum Gasteiger partial charge on any atom is -0.497 e. The Morgan fingerprint density at radius 2 is 1.71 bits per heavy atom. The Balaban J connectivity index is 1.44. The summed E-state index contributed by atoms with van der Waals surface area (Å²) in [7, 11) is 3.23. The molecular weight excluding hydrogens is 394 g/mol. The predicted molar refractivity (Wildman–Crippen MR) is 121 cm³/mol. The molecule has 0 radical (unpaired) electrons. The van der Waals surface area contributed by atoms with E-state index in [1.807, 2.05) is 53.4 Å². The van der Waals surface area contributed by atoms with Gasteiger partial charge in [-0.05, 0) is 42.7 Å². The molecule has 1 saturated heterocycles. The van der Waals surface area contributed by atoms with Crippen LogP contribution >= 0.6 is 0 Å². The summed E-state index contributed by atoms with van der Waals surface area (Å²) in [6.45, 7) is 3.15. The number of carbonyl (C=O) groups is 2. The average Bonchev–Trinajstić information content (AvgIpc) is 3.03. The van der Waals surface area contributed by atoms with E-state index >= 15 is 0 Å². The lowest BCUT2D eigenvalue weighted by atomic mass is 10.1. The van der Waals surface area contributed by atoms with E-state index in [-0.39, 0.29) is 11.8 Å². The molecule has 31 heavy (non-hydrogen) atoms. The summed E-state index contributed by atoms with van der Waals surface area (Å²) in [5, 5.41) is 2.91. The van der Waals surface area contributed by atoms with Crippen molar-refractivity contribution in [2.75, 3.05) is 52.3 Å².